The number of hydrogen-bond acceptors (Lipinski definition) is 1. The summed E-state index contributed by atoms with van der Waals surface area (Å²) >= 11 is -1.98. The number of anilines is 1. The number of nitrogens with one attached hydrogen (secondary N) is 1. The van der Waals surface area contributed by atoms with E-state index in [1.54, 1.807) is 0 Å². The van der Waals surface area contributed by atoms with Crippen molar-refractivity contribution in [2.24, 2.45) is 0 Å². The summed E-state index contributed by atoms with van der Waals surface area (Å²) in [7, 11) is 0. The van der Waals surface area contributed by atoms with Crippen LogP contribution in [0.15, 0.2) is 91.0 Å². The molecule has 3 aromatic rings. The molecule has 96 valence electrons. The molecule has 3 aromatic carbocycles. The molecule has 0 radical (unpaired) electrons. The summed E-state index contributed by atoms with van der Waals surface area (Å²) in [6, 6.07) is 32.1. The van der Waals surface area contributed by atoms with Crippen LogP contribution in [0.1, 0.15) is 0 Å². The van der Waals surface area contributed by atoms with Crippen molar-refractivity contribution in [1.29, 1.82) is 0 Å². The Hall–Kier alpha value is -1.90. The average molecular weight is 316 g/mol. The Morgan fingerprint density at radius 3 is 1.35 bits per heavy atom. The van der Waals surface area contributed by atoms with Gasteiger partial charge < -0.3 is 0 Å². The van der Waals surface area contributed by atoms with Crippen LogP contribution < -0.4 is 12.3 Å². The summed E-state index contributed by atoms with van der Waals surface area (Å²) in [5.74, 6) is 0. The molecule has 0 atom stereocenters. The van der Waals surface area contributed by atoms with Crippen LogP contribution in [-0.4, -0.2) is 16.5 Å². The molecule has 0 saturated heterocycles. The van der Waals surface area contributed by atoms with Gasteiger partial charge in [-0.15, -0.1) is 0 Å². The average Bonchev–Trinajstić information content (AvgIpc) is 2.55. The van der Waals surface area contributed by atoms with Gasteiger partial charge in [0.1, 0.15) is 0 Å². The first-order valence-electron chi connectivity index (χ1n) is 6.85. The molecule has 0 saturated carbocycles. The predicted octanol–water partition coefficient (Wildman–Crippen LogP) is 2.90. The number of para-hydroxylation sites is 1. The number of benzene rings is 3. The second kappa shape index (κ2) is 6.50. The fraction of sp³-hybridized carbons (Fsp3) is 0. The summed E-state index contributed by atoms with van der Waals surface area (Å²) in [6.07, 6.45) is 0. The van der Waals surface area contributed by atoms with Gasteiger partial charge in [-0.2, -0.15) is 0 Å². The van der Waals surface area contributed by atoms with Gasteiger partial charge in [0.25, 0.3) is 0 Å². The maximum atomic E-state index is 3.80. The van der Waals surface area contributed by atoms with E-state index in [9.17, 15) is 0 Å². The van der Waals surface area contributed by atoms with E-state index in [0.717, 1.165) is 0 Å². The van der Waals surface area contributed by atoms with E-state index in [0.29, 0.717) is 0 Å². The Labute approximate surface area is 125 Å². The van der Waals surface area contributed by atoms with Gasteiger partial charge in [-0.3, -0.25) is 0 Å². The zero-order chi connectivity index (χ0) is 13.6. The van der Waals surface area contributed by atoms with E-state index in [1.165, 1.54) is 13.9 Å². The van der Waals surface area contributed by atoms with Crippen LogP contribution in [0.4, 0.5) is 5.69 Å². The van der Waals surface area contributed by atoms with Crippen molar-refractivity contribution in [2.75, 3.05) is 4.02 Å². The van der Waals surface area contributed by atoms with E-state index in [4.69, 9.17) is 0 Å². The SMILES string of the molecule is c1ccc([NH][Ga]([c]2ccccc2)[c]2ccccc2)cc1. The van der Waals surface area contributed by atoms with Gasteiger partial charge in [0.05, 0.1) is 0 Å². The van der Waals surface area contributed by atoms with Crippen molar-refractivity contribution in [3.63, 3.8) is 0 Å². The Morgan fingerprint density at radius 1 is 0.500 bits per heavy atom. The van der Waals surface area contributed by atoms with Crippen molar-refractivity contribution < 1.29 is 0 Å². The Morgan fingerprint density at radius 2 is 0.900 bits per heavy atom. The minimum absolute atomic E-state index is 1.21. The molecule has 0 aliphatic rings. The Balaban J connectivity index is 1.96. The van der Waals surface area contributed by atoms with Crippen LogP contribution in [-0.2, 0) is 0 Å². The third-order valence-electron chi connectivity index (χ3n) is 3.35. The van der Waals surface area contributed by atoms with Gasteiger partial charge in [0.15, 0.2) is 0 Å². The van der Waals surface area contributed by atoms with Crippen LogP contribution in [0.5, 0.6) is 0 Å². The molecule has 0 amide bonds. The summed E-state index contributed by atoms with van der Waals surface area (Å²) in [6.45, 7) is 0. The van der Waals surface area contributed by atoms with Crippen LogP contribution in [0.2, 0.25) is 0 Å². The van der Waals surface area contributed by atoms with Gasteiger partial charge in [-0.1, -0.05) is 0 Å². The summed E-state index contributed by atoms with van der Waals surface area (Å²) in [4.78, 5) is 0. The van der Waals surface area contributed by atoms with Gasteiger partial charge in [0, 0.05) is 0 Å². The zero-order valence-corrected chi connectivity index (χ0v) is 13.7. The molecule has 20 heavy (non-hydrogen) atoms. The molecule has 0 unspecified atom stereocenters. The van der Waals surface area contributed by atoms with E-state index in [2.05, 4.69) is 95.0 Å². The topological polar surface area (TPSA) is 12.0 Å². The molecule has 1 N–H and O–H groups in total. The molecular formula is C18H16GaN. The van der Waals surface area contributed by atoms with Crippen molar-refractivity contribution in [3.8, 4) is 0 Å². The molecule has 0 aliphatic carbocycles. The minimum atomic E-state index is -1.98. The van der Waals surface area contributed by atoms with Gasteiger partial charge in [-0.25, -0.2) is 0 Å². The van der Waals surface area contributed by atoms with Crippen LogP contribution in [0.3, 0.4) is 0 Å². The Kier molecular flexibility index (Phi) is 4.26. The molecule has 0 spiro atoms. The van der Waals surface area contributed by atoms with Crippen molar-refractivity contribution in [2.45, 2.75) is 0 Å². The van der Waals surface area contributed by atoms with Gasteiger partial charge >= 0.3 is 125 Å². The normalized spacial score (nSPS) is 10.0. The van der Waals surface area contributed by atoms with Crippen molar-refractivity contribution in [3.05, 3.63) is 91.0 Å². The number of hydrogen-bond donors (Lipinski definition) is 1. The van der Waals surface area contributed by atoms with E-state index < -0.39 is 16.5 Å². The fourth-order valence-electron chi connectivity index (χ4n) is 2.35. The molecule has 0 bridgehead atoms. The van der Waals surface area contributed by atoms with Gasteiger partial charge in [-0.05, 0) is 0 Å². The van der Waals surface area contributed by atoms with Crippen LogP contribution >= 0.6 is 0 Å². The predicted molar refractivity (Wildman–Crippen MR) is 88.0 cm³/mol. The molecule has 3 rings (SSSR count). The first-order chi connectivity index (χ1) is 9.93. The quantitative estimate of drug-likeness (QED) is 0.730. The maximum absolute atomic E-state index is 3.80. The fourth-order valence-corrected chi connectivity index (χ4v) is 7.51. The van der Waals surface area contributed by atoms with E-state index in [1.807, 2.05) is 0 Å². The number of rotatable bonds is 4. The molecule has 0 fully saturated rings. The van der Waals surface area contributed by atoms with E-state index >= 15 is 0 Å². The molecule has 0 aromatic heterocycles. The summed E-state index contributed by atoms with van der Waals surface area (Å²) < 4.78 is 6.71. The molecule has 0 aliphatic heterocycles. The summed E-state index contributed by atoms with van der Waals surface area (Å²) in [5.41, 5.74) is 1.21. The zero-order valence-electron chi connectivity index (χ0n) is 11.2. The van der Waals surface area contributed by atoms with Crippen LogP contribution in [0.25, 0.3) is 0 Å². The standard InChI is InChI=1S/C6H6N.2C6H5.Ga/c7-6-4-2-1-3-5-6;2*1-2-4-6-5-3-1;/h1-5,7H;2*1-5H;/q-1;;;+1. The third kappa shape index (κ3) is 3.16. The van der Waals surface area contributed by atoms with Crippen molar-refractivity contribution >= 4 is 30.4 Å². The van der Waals surface area contributed by atoms with E-state index in [-0.39, 0.29) is 0 Å². The second-order valence-corrected chi connectivity index (χ2v) is 9.98. The third-order valence-corrected chi connectivity index (χ3v) is 9.07. The monoisotopic (exact) mass is 315 g/mol. The molecular weight excluding hydrogens is 300 g/mol. The molecule has 2 heteroatoms. The Bertz CT molecular complexity index is 599. The summed E-state index contributed by atoms with van der Waals surface area (Å²) in [5, 5.41) is 0. The molecule has 0 heterocycles. The first-order valence-corrected chi connectivity index (χ1v) is 10.5. The second-order valence-electron chi connectivity index (χ2n) is 4.76. The van der Waals surface area contributed by atoms with Crippen molar-refractivity contribution in [1.82, 2.24) is 0 Å². The van der Waals surface area contributed by atoms with Gasteiger partial charge in [0.2, 0.25) is 0 Å². The molecule has 1 nitrogen and oxygen atoms in total. The first kappa shape index (κ1) is 13.1. The van der Waals surface area contributed by atoms with Crippen LogP contribution in [0, 0.1) is 0 Å².